The van der Waals surface area contributed by atoms with Gasteiger partial charge < -0.3 is 4.90 Å². The van der Waals surface area contributed by atoms with Gasteiger partial charge in [0.2, 0.25) is 10.0 Å². The van der Waals surface area contributed by atoms with Crippen molar-refractivity contribution in [2.24, 2.45) is 5.92 Å². The highest BCUT2D eigenvalue weighted by molar-refractivity contribution is 7.92. The van der Waals surface area contributed by atoms with E-state index in [2.05, 4.69) is 29.5 Å². The molecule has 0 bridgehead atoms. The van der Waals surface area contributed by atoms with Gasteiger partial charge in [-0.15, -0.1) is 0 Å². The average Bonchev–Trinajstić information content (AvgIpc) is 2.67. The molecule has 1 fully saturated rings. The lowest BCUT2D eigenvalue weighted by molar-refractivity contribution is 0.175. The van der Waals surface area contributed by atoms with Gasteiger partial charge >= 0.3 is 0 Å². The van der Waals surface area contributed by atoms with Crippen LogP contribution in [-0.4, -0.2) is 38.7 Å². The maximum absolute atomic E-state index is 11.8. The average molecular weight is 395 g/mol. The van der Waals surface area contributed by atoms with Crippen LogP contribution in [0.25, 0.3) is 0 Å². The van der Waals surface area contributed by atoms with Gasteiger partial charge in [-0.2, -0.15) is 0 Å². The van der Waals surface area contributed by atoms with E-state index in [0.29, 0.717) is 11.6 Å². The molecule has 1 unspecified atom stereocenters. The number of likely N-dealkylation sites (tertiary alicyclic amines) is 1. The van der Waals surface area contributed by atoms with Crippen molar-refractivity contribution in [2.45, 2.75) is 71.6 Å². The molecule has 1 N–H and O–H groups in total. The second kappa shape index (κ2) is 11.1. The van der Waals surface area contributed by atoms with Crippen molar-refractivity contribution in [3.05, 3.63) is 29.8 Å². The number of anilines is 1. The van der Waals surface area contributed by atoms with E-state index in [9.17, 15) is 8.42 Å². The fourth-order valence-electron chi connectivity index (χ4n) is 4.18. The third kappa shape index (κ3) is 7.46. The highest BCUT2D eigenvalue weighted by Gasteiger charge is 2.19. The second-order valence-electron chi connectivity index (χ2n) is 7.95. The van der Waals surface area contributed by atoms with Crippen LogP contribution in [0.15, 0.2) is 24.3 Å². The van der Waals surface area contributed by atoms with Crippen LogP contribution >= 0.6 is 0 Å². The Morgan fingerprint density at radius 2 is 1.93 bits per heavy atom. The van der Waals surface area contributed by atoms with E-state index >= 15 is 0 Å². The van der Waals surface area contributed by atoms with Gasteiger partial charge in [-0.05, 0) is 88.2 Å². The highest BCUT2D eigenvalue weighted by Crippen LogP contribution is 2.28. The maximum Gasteiger partial charge on any atom is 0.232 e. The molecule has 5 heteroatoms. The molecule has 0 radical (unpaired) electrons. The van der Waals surface area contributed by atoms with E-state index in [1.165, 1.54) is 57.3 Å². The van der Waals surface area contributed by atoms with Gasteiger partial charge in [0, 0.05) is 5.69 Å². The summed E-state index contributed by atoms with van der Waals surface area (Å²) in [5, 5.41) is 0. The Morgan fingerprint density at radius 1 is 1.19 bits per heavy atom. The topological polar surface area (TPSA) is 49.4 Å². The molecule has 154 valence electrons. The van der Waals surface area contributed by atoms with E-state index in [0.717, 1.165) is 18.8 Å². The Morgan fingerprint density at radius 3 is 2.56 bits per heavy atom. The van der Waals surface area contributed by atoms with Gasteiger partial charge in [0.15, 0.2) is 0 Å². The monoisotopic (exact) mass is 394 g/mol. The SMILES string of the molecule is CCCC1CCN(CCCC(CC)c2cccc(NS(=O)(=O)CC)c2)CC1. The Hall–Kier alpha value is -1.07. The quantitative estimate of drug-likeness (QED) is 0.559. The fourth-order valence-corrected chi connectivity index (χ4v) is 4.81. The molecule has 1 saturated heterocycles. The van der Waals surface area contributed by atoms with Crippen LogP contribution in [0, 0.1) is 5.92 Å². The molecule has 2 rings (SSSR count). The zero-order valence-electron chi connectivity index (χ0n) is 17.4. The first-order valence-corrected chi connectivity index (χ1v) is 12.4. The van der Waals surface area contributed by atoms with Gasteiger partial charge in [-0.25, -0.2) is 8.42 Å². The number of hydrogen-bond acceptors (Lipinski definition) is 3. The summed E-state index contributed by atoms with van der Waals surface area (Å²) < 4.78 is 26.3. The molecule has 0 spiro atoms. The molecular weight excluding hydrogens is 356 g/mol. The molecule has 0 aromatic heterocycles. The second-order valence-corrected chi connectivity index (χ2v) is 9.96. The molecule has 1 atom stereocenters. The van der Waals surface area contributed by atoms with Crippen LogP contribution in [-0.2, 0) is 10.0 Å². The number of sulfonamides is 1. The third-order valence-corrected chi connectivity index (χ3v) is 7.24. The van der Waals surface area contributed by atoms with Crippen molar-refractivity contribution < 1.29 is 8.42 Å². The summed E-state index contributed by atoms with van der Waals surface area (Å²) in [4.78, 5) is 2.63. The van der Waals surface area contributed by atoms with Crippen molar-refractivity contribution in [1.82, 2.24) is 4.90 Å². The normalized spacial score (nSPS) is 17.7. The number of hydrogen-bond donors (Lipinski definition) is 1. The fraction of sp³-hybridized carbons (Fsp3) is 0.727. The van der Waals surface area contributed by atoms with Gasteiger partial charge in [0.05, 0.1) is 5.75 Å². The van der Waals surface area contributed by atoms with Gasteiger partial charge in [0.25, 0.3) is 0 Å². The Balaban J connectivity index is 1.83. The molecule has 0 aliphatic carbocycles. The van der Waals surface area contributed by atoms with Crippen molar-refractivity contribution in [2.75, 3.05) is 30.1 Å². The summed E-state index contributed by atoms with van der Waals surface area (Å²) in [7, 11) is -3.22. The molecule has 1 aliphatic heterocycles. The van der Waals surface area contributed by atoms with Crippen LogP contribution in [0.5, 0.6) is 0 Å². The van der Waals surface area contributed by atoms with Crippen LogP contribution in [0.1, 0.15) is 77.2 Å². The number of rotatable bonds is 11. The Labute approximate surface area is 166 Å². The molecule has 1 aromatic rings. The van der Waals surface area contributed by atoms with E-state index in [-0.39, 0.29) is 5.75 Å². The summed E-state index contributed by atoms with van der Waals surface area (Å²) >= 11 is 0. The molecule has 4 nitrogen and oxygen atoms in total. The summed E-state index contributed by atoms with van der Waals surface area (Å²) in [5.41, 5.74) is 1.93. The third-order valence-electron chi connectivity index (χ3n) is 5.94. The van der Waals surface area contributed by atoms with E-state index in [1.807, 2.05) is 18.2 Å². The van der Waals surface area contributed by atoms with Crippen molar-refractivity contribution in [1.29, 1.82) is 0 Å². The number of nitrogens with one attached hydrogen (secondary N) is 1. The Bertz CT molecular complexity index is 652. The van der Waals surface area contributed by atoms with Crippen LogP contribution in [0.3, 0.4) is 0 Å². The zero-order valence-corrected chi connectivity index (χ0v) is 18.2. The lowest BCUT2D eigenvalue weighted by Gasteiger charge is -2.32. The van der Waals surface area contributed by atoms with Crippen molar-refractivity contribution in [3.8, 4) is 0 Å². The van der Waals surface area contributed by atoms with Crippen LogP contribution in [0.2, 0.25) is 0 Å². The van der Waals surface area contributed by atoms with Crippen molar-refractivity contribution in [3.63, 3.8) is 0 Å². The first kappa shape index (κ1) is 22.2. The smallest absolute Gasteiger partial charge is 0.232 e. The van der Waals surface area contributed by atoms with E-state index in [1.54, 1.807) is 6.92 Å². The lowest BCUT2D eigenvalue weighted by atomic mass is 9.90. The number of benzene rings is 1. The minimum absolute atomic E-state index is 0.101. The summed E-state index contributed by atoms with van der Waals surface area (Å²) in [6, 6.07) is 7.94. The summed E-state index contributed by atoms with van der Waals surface area (Å²) in [5.74, 6) is 1.54. The summed E-state index contributed by atoms with van der Waals surface area (Å²) in [6.07, 6.45) is 8.90. The molecule has 0 amide bonds. The molecule has 1 aliphatic rings. The molecule has 27 heavy (non-hydrogen) atoms. The first-order chi connectivity index (χ1) is 13.0. The summed E-state index contributed by atoms with van der Waals surface area (Å²) in [6.45, 7) is 9.89. The minimum atomic E-state index is -3.22. The maximum atomic E-state index is 11.8. The Kier molecular flexibility index (Phi) is 9.10. The first-order valence-electron chi connectivity index (χ1n) is 10.8. The molecule has 1 aromatic carbocycles. The van der Waals surface area contributed by atoms with E-state index < -0.39 is 10.0 Å². The van der Waals surface area contributed by atoms with Gasteiger partial charge in [0.1, 0.15) is 0 Å². The molecule has 0 saturated carbocycles. The van der Waals surface area contributed by atoms with Crippen LogP contribution in [0.4, 0.5) is 5.69 Å². The van der Waals surface area contributed by atoms with E-state index in [4.69, 9.17) is 0 Å². The number of nitrogens with zero attached hydrogens (tertiary/aromatic N) is 1. The van der Waals surface area contributed by atoms with Crippen molar-refractivity contribution >= 4 is 15.7 Å². The molecule has 1 heterocycles. The lowest BCUT2D eigenvalue weighted by Crippen LogP contribution is -2.34. The predicted molar refractivity (Wildman–Crippen MR) is 116 cm³/mol. The number of piperidine rings is 1. The molecular formula is C22H38N2O2S. The van der Waals surface area contributed by atoms with Gasteiger partial charge in [-0.3, -0.25) is 4.72 Å². The largest absolute Gasteiger partial charge is 0.303 e. The minimum Gasteiger partial charge on any atom is -0.303 e. The van der Waals surface area contributed by atoms with Gasteiger partial charge in [-0.1, -0.05) is 38.8 Å². The predicted octanol–water partition coefficient (Wildman–Crippen LogP) is 5.23. The zero-order chi connectivity index (χ0) is 19.7. The van der Waals surface area contributed by atoms with Crippen LogP contribution < -0.4 is 4.72 Å². The highest BCUT2D eigenvalue weighted by atomic mass is 32.2. The standard InChI is InChI=1S/C22H38N2O2S/c1-4-9-19-13-16-24(17-14-19)15-8-11-20(5-2)21-10-7-12-22(18-21)23-27(25,26)6-3/h7,10,12,18-20,23H,4-6,8-9,11,13-17H2,1-3H3.